The molecule has 0 fully saturated rings. The van der Waals surface area contributed by atoms with Crippen LogP contribution in [0.1, 0.15) is 23.6 Å². The minimum atomic E-state index is -0.641. The van der Waals surface area contributed by atoms with Crippen molar-refractivity contribution in [2.24, 2.45) is 0 Å². The molecule has 1 aromatic carbocycles. The molecular formula is C17H13BrFN3O3S. The van der Waals surface area contributed by atoms with Gasteiger partial charge >= 0.3 is 5.82 Å². The number of aromatic nitrogens is 2. The van der Waals surface area contributed by atoms with Gasteiger partial charge in [0.15, 0.2) is 6.20 Å². The van der Waals surface area contributed by atoms with Crippen LogP contribution in [-0.4, -0.2) is 14.9 Å². The van der Waals surface area contributed by atoms with Crippen LogP contribution in [0.15, 0.2) is 41.1 Å². The number of pyridine rings is 1. The number of thiazole rings is 1. The van der Waals surface area contributed by atoms with Crippen molar-refractivity contribution in [2.75, 3.05) is 0 Å². The summed E-state index contributed by atoms with van der Waals surface area (Å²) in [5, 5.41) is 12.1. The average molecular weight is 438 g/mol. The van der Waals surface area contributed by atoms with E-state index in [9.17, 15) is 14.5 Å². The van der Waals surface area contributed by atoms with E-state index in [1.807, 2.05) is 6.92 Å². The number of nitro groups is 1. The van der Waals surface area contributed by atoms with Crippen LogP contribution < -0.4 is 4.74 Å². The largest absolute Gasteiger partial charge is 0.478 e. The summed E-state index contributed by atoms with van der Waals surface area (Å²) < 4.78 is 20.2. The Balaban J connectivity index is 2.01. The summed E-state index contributed by atoms with van der Waals surface area (Å²) in [6.07, 6.45) is 2.40. The van der Waals surface area contributed by atoms with Crippen molar-refractivity contribution in [3.63, 3.8) is 0 Å². The zero-order chi connectivity index (χ0) is 18.8. The number of halogens is 2. The lowest BCUT2D eigenvalue weighted by Crippen LogP contribution is -2.07. The minimum Gasteiger partial charge on any atom is -0.478 e. The third-order valence-corrected chi connectivity index (χ3v) is 4.99. The molecule has 0 N–H and O–H groups in total. The highest BCUT2D eigenvalue weighted by molar-refractivity contribution is 9.10. The highest BCUT2D eigenvalue weighted by Crippen LogP contribution is 2.36. The SMILES string of the molecule is Cc1ncc(-c2ccc(F)cc2C(C)Oc2cc(Br)cnc2[N+](=O)[O-])s1. The first-order chi connectivity index (χ1) is 12.3. The molecule has 3 rings (SSSR count). The van der Waals surface area contributed by atoms with Crippen LogP contribution in [0.3, 0.4) is 0 Å². The van der Waals surface area contributed by atoms with E-state index in [-0.39, 0.29) is 5.75 Å². The zero-order valence-corrected chi connectivity index (χ0v) is 16.2. The summed E-state index contributed by atoms with van der Waals surface area (Å²) in [5.41, 5.74) is 1.35. The highest BCUT2D eigenvalue weighted by atomic mass is 79.9. The minimum absolute atomic E-state index is 0.00701. The van der Waals surface area contributed by atoms with Crippen LogP contribution in [-0.2, 0) is 0 Å². The van der Waals surface area contributed by atoms with Gasteiger partial charge in [0.2, 0.25) is 5.75 Å². The molecule has 2 heterocycles. The van der Waals surface area contributed by atoms with Gasteiger partial charge in [0.25, 0.3) is 0 Å². The Hall–Kier alpha value is -2.39. The molecule has 0 spiro atoms. The molecule has 134 valence electrons. The Morgan fingerprint density at radius 3 is 2.73 bits per heavy atom. The predicted molar refractivity (Wildman–Crippen MR) is 99.9 cm³/mol. The number of hydrogen-bond donors (Lipinski definition) is 0. The molecule has 6 nitrogen and oxygen atoms in total. The van der Waals surface area contributed by atoms with E-state index in [1.54, 1.807) is 19.2 Å². The molecule has 3 aromatic rings. The van der Waals surface area contributed by atoms with Crippen LogP contribution in [0.5, 0.6) is 5.75 Å². The summed E-state index contributed by atoms with van der Waals surface area (Å²) in [7, 11) is 0. The maximum Gasteiger partial charge on any atom is 0.406 e. The van der Waals surface area contributed by atoms with Crippen LogP contribution in [0, 0.1) is 22.9 Å². The Labute approximate surface area is 161 Å². The van der Waals surface area contributed by atoms with Crippen LogP contribution in [0.4, 0.5) is 10.2 Å². The quantitative estimate of drug-likeness (QED) is 0.390. The fourth-order valence-corrected chi connectivity index (χ4v) is 3.61. The van der Waals surface area contributed by atoms with Crippen molar-refractivity contribution >= 4 is 33.1 Å². The number of benzene rings is 1. The van der Waals surface area contributed by atoms with E-state index in [2.05, 4.69) is 25.9 Å². The molecule has 0 saturated heterocycles. The summed E-state index contributed by atoms with van der Waals surface area (Å²) in [6.45, 7) is 3.59. The summed E-state index contributed by atoms with van der Waals surface area (Å²) >= 11 is 4.70. The molecule has 0 aliphatic rings. The van der Waals surface area contributed by atoms with Crippen molar-refractivity contribution < 1.29 is 14.1 Å². The van der Waals surface area contributed by atoms with Gasteiger partial charge in [-0.25, -0.2) is 9.37 Å². The van der Waals surface area contributed by atoms with Gasteiger partial charge in [-0.1, -0.05) is 6.07 Å². The van der Waals surface area contributed by atoms with Gasteiger partial charge in [-0.15, -0.1) is 11.3 Å². The predicted octanol–water partition coefficient (Wildman–Crippen LogP) is 5.46. The van der Waals surface area contributed by atoms with Gasteiger partial charge in [-0.05, 0) is 51.8 Å². The van der Waals surface area contributed by atoms with Gasteiger partial charge in [0.05, 0.1) is 14.4 Å². The Kier molecular flexibility index (Phi) is 5.28. The molecule has 1 unspecified atom stereocenters. The van der Waals surface area contributed by atoms with Gasteiger partial charge in [-0.3, -0.25) is 0 Å². The summed E-state index contributed by atoms with van der Waals surface area (Å²) in [4.78, 5) is 19.4. The molecule has 0 amide bonds. The first kappa shape index (κ1) is 18.4. The van der Waals surface area contributed by atoms with E-state index in [0.717, 1.165) is 15.4 Å². The Morgan fingerprint density at radius 2 is 2.08 bits per heavy atom. The van der Waals surface area contributed by atoms with Crippen molar-refractivity contribution in [1.82, 2.24) is 9.97 Å². The Bertz CT molecular complexity index is 980. The first-order valence-electron chi connectivity index (χ1n) is 7.54. The van der Waals surface area contributed by atoms with E-state index >= 15 is 0 Å². The second-order valence-corrected chi connectivity index (χ2v) is 7.62. The number of nitrogens with zero attached hydrogens (tertiary/aromatic N) is 3. The third-order valence-electron chi connectivity index (χ3n) is 3.61. The molecule has 0 radical (unpaired) electrons. The normalized spacial score (nSPS) is 12.0. The van der Waals surface area contributed by atoms with E-state index < -0.39 is 22.7 Å². The summed E-state index contributed by atoms with van der Waals surface area (Å²) in [6, 6.07) is 5.86. The van der Waals surface area contributed by atoms with Gasteiger partial charge in [0, 0.05) is 23.4 Å². The molecular weight excluding hydrogens is 425 g/mol. The highest BCUT2D eigenvalue weighted by Gasteiger charge is 2.22. The number of hydrogen-bond acceptors (Lipinski definition) is 6. The third kappa shape index (κ3) is 3.88. The fourth-order valence-electron chi connectivity index (χ4n) is 2.47. The first-order valence-corrected chi connectivity index (χ1v) is 9.15. The number of aryl methyl sites for hydroxylation is 1. The molecule has 1 atom stereocenters. The molecule has 0 aliphatic carbocycles. The van der Waals surface area contributed by atoms with Crippen LogP contribution >= 0.6 is 27.3 Å². The molecule has 0 saturated carbocycles. The second kappa shape index (κ2) is 7.46. The van der Waals surface area contributed by atoms with Gasteiger partial charge < -0.3 is 14.9 Å². The summed E-state index contributed by atoms with van der Waals surface area (Å²) in [5.74, 6) is -0.804. The maximum absolute atomic E-state index is 13.8. The zero-order valence-electron chi connectivity index (χ0n) is 13.8. The number of ether oxygens (including phenoxy) is 1. The molecule has 26 heavy (non-hydrogen) atoms. The molecule has 0 aliphatic heterocycles. The molecule has 2 aromatic heterocycles. The topological polar surface area (TPSA) is 78.2 Å². The smallest absolute Gasteiger partial charge is 0.406 e. The van der Waals surface area contributed by atoms with E-state index in [4.69, 9.17) is 4.74 Å². The van der Waals surface area contributed by atoms with Crippen LogP contribution in [0.25, 0.3) is 10.4 Å². The van der Waals surface area contributed by atoms with Gasteiger partial charge in [0.1, 0.15) is 11.9 Å². The standard InChI is InChI=1S/C17H13BrFN3O3S/c1-9(25-15-5-11(18)7-21-17(15)22(23)24)14-6-12(19)3-4-13(14)16-8-20-10(2)26-16/h3-9H,1-2H3. The van der Waals surface area contributed by atoms with E-state index in [1.165, 1.54) is 35.7 Å². The lowest BCUT2D eigenvalue weighted by molar-refractivity contribution is -0.390. The van der Waals surface area contributed by atoms with Crippen molar-refractivity contribution in [2.45, 2.75) is 20.0 Å². The lowest BCUT2D eigenvalue weighted by Gasteiger charge is -2.18. The van der Waals surface area contributed by atoms with Crippen molar-refractivity contribution in [3.8, 4) is 16.2 Å². The fraction of sp³-hybridized carbons (Fsp3) is 0.176. The number of rotatable bonds is 5. The van der Waals surface area contributed by atoms with Gasteiger partial charge in [-0.2, -0.15) is 0 Å². The maximum atomic E-state index is 13.8. The van der Waals surface area contributed by atoms with Crippen molar-refractivity contribution in [3.05, 3.63) is 67.6 Å². The average Bonchev–Trinajstić information content (AvgIpc) is 3.00. The molecule has 0 bridgehead atoms. The Morgan fingerprint density at radius 1 is 1.31 bits per heavy atom. The van der Waals surface area contributed by atoms with Crippen molar-refractivity contribution in [1.29, 1.82) is 0 Å². The van der Waals surface area contributed by atoms with E-state index in [0.29, 0.717) is 10.0 Å². The molecule has 9 heteroatoms. The lowest BCUT2D eigenvalue weighted by atomic mass is 10.0. The monoisotopic (exact) mass is 437 g/mol. The van der Waals surface area contributed by atoms with Crippen LogP contribution in [0.2, 0.25) is 0 Å². The second-order valence-electron chi connectivity index (χ2n) is 5.47.